The summed E-state index contributed by atoms with van der Waals surface area (Å²) in [7, 11) is 0. The molecule has 1 amide bonds. The number of nitrogens with one attached hydrogen (secondary N) is 1. The van der Waals surface area contributed by atoms with E-state index in [1.54, 1.807) is 18.6 Å². The topological polar surface area (TPSA) is 88.0 Å². The Kier molecular flexibility index (Phi) is 5.05. The maximum absolute atomic E-state index is 12.1. The van der Waals surface area contributed by atoms with Crippen LogP contribution in [-0.2, 0) is 4.79 Å². The van der Waals surface area contributed by atoms with Crippen LogP contribution in [0, 0.1) is 12.8 Å². The maximum atomic E-state index is 12.1. The lowest BCUT2D eigenvalue weighted by Gasteiger charge is -2.23. The van der Waals surface area contributed by atoms with E-state index in [2.05, 4.69) is 20.3 Å². The molecule has 1 aliphatic carbocycles. The van der Waals surface area contributed by atoms with Crippen molar-refractivity contribution in [1.82, 2.24) is 15.0 Å². The molecule has 0 spiro atoms. The second-order valence-corrected chi connectivity index (χ2v) is 7.45. The molecule has 1 atom stereocenters. The van der Waals surface area contributed by atoms with Gasteiger partial charge in [0.15, 0.2) is 0 Å². The minimum atomic E-state index is -0.546. The number of carbonyl (C=O) groups excluding carboxylic acids is 1. The number of hydrogen-bond acceptors (Lipinski definition) is 5. The molecule has 3 aromatic heterocycles. The third-order valence-corrected chi connectivity index (χ3v) is 5.47. The molecule has 3 aromatic rings. The van der Waals surface area contributed by atoms with Crippen molar-refractivity contribution in [2.24, 2.45) is 5.92 Å². The number of amides is 1. The monoisotopic (exact) mass is 376 g/mol. The molecule has 0 saturated heterocycles. The fourth-order valence-corrected chi connectivity index (χ4v) is 3.39. The van der Waals surface area contributed by atoms with Gasteiger partial charge in [-0.15, -0.1) is 0 Å². The van der Waals surface area contributed by atoms with Gasteiger partial charge in [-0.3, -0.25) is 14.8 Å². The normalized spacial score (nSPS) is 15.2. The van der Waals surface area contributed by atoms with Crippen molar-refractivity contribution < 1.29 is 9.90 Å². The number of aryl methyl sites for hydroxylation is 1. The minimum absolute atomic E-state index is 0.0544. The summed E-state index contributed by atoms with van der Waals surface area (Å²) in [6.07, 6.45) is 8.45. The lowest BCUT2D eigenvalue weighted by molar-refractivity contribution is -0.122. The van der Waals surface area contributed by atoms with E-state index < -0.39 is 6.10 Å². The van der Waals surface area contributed by atoms with Crippen LogP contribution in [0.4, 0.5) is 5.82 Å². The van der Waals surface area contributed by atoms with Gasteiger partial charge in [0.25, 0.3) is 0 Å². The van der Waals surface area contributed by atoms with Crippen LogP contribution in [0.15, 0.2) is 36.8 Å². The molecule has 0 aromatic carbocycles. The highest BCUT2D eigenvalue weighted by molar-refractivity contribution is 5.94. The number of carbonyl (C=O) groups is 1. The Labute approximate surface area is 164 Å². The Morgan fingerprint density at radius 3 is 2.57 bits per heavy atom. The number of pyridine rings is 3. The van der Waals surface area contributed by atoms with Crippen molar-refractivity contribution in [3.05, 3.63) is 48.0 Å². The number of rotatable bonds is 5. The van der Waals surface area contributed by atoms with Gasteiger partial charge >= 0.3 is 0 Å². The molecule has 1 fully saturated rings. The van der Waals surface area contributed by atoms with Gasteiger partial charge in [0, 0.05) is 40.8 Å². The Morgan fingerprint density at radius 2 is 1.89 bits per heavy atom. The van der Waals surface area contributed by atoms with Crippen LogP contribution < -0.4 is 5.32 Å². The first-order valence-corrected chi connectivity index (χ1v) is 9.77. The molecule has 144 valence electrons. The van der Waals surface area contributed by atoms with Gasteiger partial charge in [-0.1, -0.05) is 13.3 Å². The Balaban J connectivity index is 1.59. The fourth-order valence-electron chi connectivity index (χ4n) is 3.39. The standard InChI is InChI=1S/C22H24N4O2/c1-3-20(27)19-7-13(2)17(12-24-19)18-8-15-11-25-21(9-16(15)10-23-18)26-22(28)14-5-4-6-14/h7-12,14,20,27H,3-6H2,1-2H3,(H,25,26,28)/t20-/m0/s1. The highest BCUT2D eigenvalue weighted by atomic mass is 16.3. The minimum Gasteiger partial charge on any atom is -0.387 e. The summed E-state index contributed by atoms with van der Waals surface area (Å²) in [4.78, 5) is 25.5. The Morgan fingerprint density at radius 1 is 1.14 bits per heavy atom. The van der Waals surface area contributed by atoms with Crippen LogP contribution >= 0.6 is 0 Å². The zero-order valence-electron chi connectivity index (χ0n) is 16.1. The van der Waals surface area contributed by atoms with Gasteiger partial charge in [-0.05, 0) is 49.9 Å². The molecule has 0 bridgehead atoms. The van der Waals surface area contributed by atoms with Crippen LogP contribution in [0.1, 0.15) is 50.0 Å². The summed E-state index contributed by atoms with van der Waals surface area (Å²) >= 11 is 0. The zero-order chi connectivity index (χ0) is 19.7. The average Bonchev–Trinajstić information content (AvgIpc) is 2.65. The number of aliphatic hydroxyl groups is 1. The van der Waals surface area contributed by atoms with E-state index >= 15 is 0 Å². The molecular weight excluding hydrogens is 352 g/mol. The van der Waals surface area contributed by atoms with Crippen LogP contribution in [0.2, 0.25) is 0 Å². The van der Waals surface area contributed by atoms with Gasteiger partial charge in [0.1, 0.15) is 5.82 Å². The molecule has 6 heteroatoms. The molecule has 3 heterocycles. The van der Waals surface area contributed by atoms with Crippen LogP contribution in [0.3, 0.4) is 0 Å². The lowest BCUT2D eigenvalue weighted by atomic mass is 9.85. The van der Waals surface area contributed by atoms with E-state index in [1.165, 1.54) is 0 Å². The Bertz CT molecular complexity index is 1030. The third-order valence-electron chi connectivity index (χ3n) is 5.47. The predicted octanol–water partition coefficient (Wildman–Crippen LogP) is 4.18. The van der Waals surface area contributed by atoms with Crippen LogP contribution in [-0.4, -0.2) is 26.0 Å². The van der Waals surface area contributed by atoms with Gasteiger partial charge in [-0.25, -0.2) is 4.98 Å². The molecule has 1 aliphatic rings. The molecule has 28 heavy (non-hydrogen) atoms. The molecular formula is C22H24N4O2. The van der Waals surface area contributed by atoms with Crippen molar-refractivity contribution in [2.45, 2.75) is 45.6 Å². The second-order valence-electron chi connectivity index (χ2n) is 7.45. The van der Waals surface area contributed by atoms with Gasteiger partial charge < -0.3 is 10.4 Å². The number of nitrogens with zero attached hydrogens (tertiary/aromatic N) is 3. The Hall–Kier alpha value is -2.86. The van der Waals surface area contributed by atoms with E-state index in [1.807, 2.05) is 32.0 Å². The largest absolute Gasteiger partial charge is 0.387 e. The fraction of sp³-hybridized carbons (Fsp3) is 0.364. The molecule has 4 rings (SSSR count). The van der Waals surface area contributed by atoms with Gasteiger partial charge in [0.05, 0.1) is 17.5 Å². The molecule has 0 unspecified atom stereocenters. The van der Waals surface area contributed by atoms with E-state index in [4.69, 9.17) is 0 Å². The van der Waals surface area contributed by atoms with E-state index in [0.717, 1.165) is 46.9 Å². The highest BCUT2D eigenvalue weighted by Crippen LogP contribution is 2.29. The first-order valence-electron chi connectivity index (χ1n) is 9.77. The SMILES string of the molecule is CC[C@H](O)c1cc(C)c(-c2cc3cnc(NC(=O)C4CCC4)cc3cn2)cn1. The summed E-state index contributed by atoms with van der Waals surface area (Å²) in [6.45, 7) is 3.92. The van der Waals surface area contributed by atoms with Crippen molar-refractivity contribution in [1.29, 1.82) is 0 Å². The quantitative estimate of drug-likeness (QED) is 0.697. The van der Waals surface area contributed by atoms with Crippen molar-refractivity contribution in [3.8, 4) is 11.3 Å². The highest BCUT2D eigenvalue weighted by Gasteiger charge is 2.25. The van der Waals surface area contributed by atoms with Crippen LogP contribution in [0.5, 0.6) is 0 Å². The van der Waals surface area contributed by atoms with E-state index in [0.29, 0.717) is 17.9 Å². The first kappa shape index (κ1) is 18.5. The summed E-state index contributed by atoms with van der Waals surface area (Å²) in [5.41, 5.74) is 3.43. The number of aliphatic hydroxyl groups excluding tert-OH is 1. The van der Waals surface area contributed by atoms with Crippen molar-refractivity contribution in [3.63, 3.8) is 0 Å². The average molecular weight is 376 g/mol. The molecule has 0 radical (unpaired) electrons. The molecule has 6 nitrogen and oxygen atoms in total. The summed E-state index contributed by atoms with van der Waals surface area (Å²) in [5.74, 6) is 0.746. The van der Waals surface area contributed by atoms with Crippen molar-refractivity contribution >= 4 is 22.5 Å². The predicted molar refractivity (Wildman–Crippen MR) is 109 cm³/mol. The second kappa shape index (κ2) is 7.64. The van der Waals surface area contributed by atoms with E-state index in [-0.39, 0.29) is 11.8 Å². The first-order chi connectivity index (χ1) is 13.5. The number of fused-ring (bicyclic) bond motifs is 1. The van der Waals surface area contributed by atoms with Crippen LogP contribution in [0.25, 0.3) is 22.0 Å². The zero-order valence-corrected chi connectivity index (χ0v) is 16.1. The van der Waals surface area contributed by atoms with Gasteiger partial charge in [-0.2, -0.15) is 0 Å². The lowest BCUT2D eigenvalue weighted by Crippen LogP contribution is -2.28. The molecule has 1 saturated carbocycles. The number of hydrogen-bond donors (Lipinski definition) is 2. The smallest absolute Gasteiger partial charge is 0.228 e. The number of anilines is 1. The molecule has 2 N–H and O–H groups in total. The summed E-state index contributed by atoms with van der Waals surface area (Å²) < 4.78 is 0. The molecule has 0 aliphatic heterocycles. The van der Waals surface area contributed by atoms with Crippen molar-refractivity contribution in [2.75, 3.05) is 5.32 Å². The third kappa shape index (κ3) is 3.60. The van der Waals surface area contributed by atoms with E-state index in [9.17, 15) is 9.90 Å². The summed E-state index contributed by atoms with van der Waals surface area (Å²) in [6, 6.07) is 5.74. The summed E-state index contributed by atoms with van der Waals surface area (Å²) in [5, 5.41) is 14.8. The van der Waals surface area contributed by atoms with Gasteiger partial charge in [0.2, 0.25) is 5.91 Å². The number of aromatic nitrogens is 3. The maximum Gasteiger partial charge on any atom is 0.228 e.